The number of fused-ring (bicyclic) bond motifs is 1. The van der Waals surface area contributed by atoms with Crippen LogP contribution < -0.4 is 35.1 Å². The molecular formula is C27H34N6O6S. The third-order valence-electron chi connectivity index (χ3n) is 7.95. The lowest BCUT2D eigenvalue weighted by Crippen LogP contribution is -2.52. The van der Waals surface area contributed by atoms with Gasteiger partial charge in [-0.25, -0.2) is 13.8 Å². The molecule has 6 rings (SSSR count). The minimum Gasteiger partial charge on any atom is -0.495 e. The summed E-state index contributed by atoms with van der Waals surface area (Å²) < 4.78 is 52.4. The van der Waals surface area contributed by atoms with E-state index in [0.29, 0.717) is 28.3 Å². The van der Waals surface area contributed by atoms with Gasteiger partial charge in [0, 0.05) is 24.2 Å². The van der Waals surface area contributed by atoms with Crippen molar-refractivity contribution in [1.29, 1.82) is 0 Å². The second-order valence-electron chi connectivity index (χ2n) is 10.4. The number of sulfonamides is 1. The van der Waals surface area contributed by atoms with Gasteiger partial charge in [0.1, 0.15) is 22.9 Å². The van der Waals surface area contributed by atoms with E-state index in [1.807, 2.05) is 12.3 Å². The third-order valence-corrected chi connectivity index (χ3v) is 9.35. The average Bonchev–Trinajstić information content (AvgIpc) is 3.37. The van der Waals surface area contributed by atoms with Crippen molar-refractivity contribution in [3.8, 4) is 17.2 Å². The molecule has 0 radical (unpaired) electrons. The molecule has 2 aromatic carbocycles. The average molecular weight is 571 g/mol. The van der Waals surface area contributed by atoms with E-state index in [9.17, 15) is 8.42 Å². The predicted octanol–water partition coefficient (Wildman–Crippen LogP) is 3.56. The van der Waals surface area contributed by atoms with Crippen molar-refractivity contribution in [2.45, 2.75) is 42.3 Å². The van der Waals surface area contributed by atoms with Crippen molar-refractivity contribution in [2.24, 2.45) is 5.92 Å². The van der Waals surface area contributed by atoms with Gasteiger partial charge in [0.05, 0.1) is 32.4 Å². The third kappa shape index (κ3) is 4.57. The van der Waals surface area contributed by atoms with Gasteiger partial charge in [-0.05, 0) is 69.1 Å². The van der Waals surface area contributed by atoms with Crippen LogP contribution in [0.5, 0.6) is 17.2 Å². The second-order valence-corrected chi connectivity index (χ2v) is 12.1. The van der Waals surface area contributed by atoms with Crippen molar-refractivity contribution in [3.63, 3.8) is 0 Å². The standard InChI is InChI=1S/C27H34N6O6S/c1-33-11-5-6-20(33)16-12-23(37-3)25(24(13-16)38-4)40(34,35)31-26-18-14-22(36-2)19(15-21(18)39-30-26)29-27(17-7-8-17)9-10-28-32-27/h9-10,12-15,17,20,28-29,32H,5-8,11H2,1-4H3,(H,30,31)/t20-,27?/m0/s1. The summed E-state index contributed by atoms with van der Waals surface area (Å²) in [5.74, 6) is 1.34. The Morgan fingerprint density at radius 1 is 1.05 bits per heavy atom. The number of hydrogen-bond donors (Lipinski definition) is 4. The van der Waals surface area contributed by atoms with Gasteiger partial charge in [0.2, 0.25) is 0 Å². The van der Waals surface area contributed by atoms with Crippen LogP contribution in [0.4, 0.5) is 11.5 Å². The molecule has 1 unspecified atom stereocenters. The van der Waals surface area contributed by atoms with Crippen LogP contribution in [0.2, 0.25) is 0 Å². The molecule has 1 saturated heterocycles. The fourth-order valence-electron chi connectivity index (χ4n) is 5.72. The highest BCUT2D eigenvalue weighted by molar-refractivity contribution is 7.93. The molecule has 3 aromatic rings. The lowest BCUT2D eigenvalue weighted by molar-refractivity contribution is 0.313. The van der Waals surface area contributed by atoms with Crippen molar-refractivity contribution in [3.05, 3.63) is 42.1 Å². The largest absolute Gasteiger partial charge is 0.495 e. The van der Waals surface area contributed by atoms with Crippen LogP contribution >= 0.6 is 0 Å². The number of likely N-dealkylation sites (tertiary alicyclic amines) is 1. The molecular weight excluding hydrogens is 536 g/mol. The number of anilines is 2. The SMILES string of the molecule is COc1cc2c(NS(=O)(=O)c3c(OC)cc([C@@H]4CCCN4C)cc3OC)noc2cc1NC1(C2CC2)C=CNN1. The summed E-state index contributed by atoms with van der Waals surface area (Å²) in [5, 5.41) is 8.01. The summed E-state index contributed by atoms with van der Waals surface area (Å²) >= 11 is 0. The zero-order chi connectivity index (χ0) is 28.1. The Labute approximate surface area is 233 Å². The molecule has 0 bridgehead atoms. The molecule has 3 heterocycles. The number of aromatic nitrogens is 1. The van der Waals surface area contributed by atoms with Gasteiger partial charge in [-0.3, -0.25) is 9.62 Å². The maximum absolute atomic E-state index is 13.7. The van der Waals surface area contributed by atoms with E-state index in [4.69, 9.17) is 18.7 Å². The van der Waals surface area contributed by atoms with Crippen LogP contribution in [0.25, 0.3) is 11.0 Å². The zero-order valence-corrected chi connectivity index (χ0v) is 23.7. The van der Waals surface area contributed by atoms with Crippen LogP contribution in [0.3, 0.4) is 0 Å². The maximum atomic E-state index is 13.7. The number of nitrogens with one attached hydrogen (secondary N) is 4. The molecule has 1 aliphatic carbocycles. The first-order valence-corrected chi connectivity index (χ1v) is 14.7. The van der Waals surface area contributed by atoms with Crippen LogP contribution in [-0.2, 0) is 10.0 Å². The lowest BCUT2D eigenvalue weighted by atomic mass is 10.0. The minimum absolute atomic E-state index is 0.0287. The molecule has 0 amide bonds. The Balaban J connectivity index is 1.34. The molecule has 214 valence electrons. The molecule has 4 N–H and O–H groups in total. The van der Waals surface area contributed by atoms with Gasteiger partial charge in [-0.1, -0.05) is 5.16 Å². The summed E-state index contributed by atoms with van der Waals surface area (Å²) in [7, 11) is 2.30. The van der Waals surface area contributed by atoms with Gasteiger partial charge in [0.25, 0.3) is 10.0 Å². The van der Waals surface area contributed by atoms with Gasteiger partial charge in [-0.2, -0.15) is 0 Å². The molecule has 0 spiro atoms. The molecule has 2 atom stereocenters. The molecule has 40 heavy (non-hydrogen) atoms. The zero-order valence-electron chi connectivity index (χ0n) is 22.9. The normalized spacial score (nSPS) is 22.9. The fourth-order valence-corrected chi connectivity index (χ4v) is 7.04. The first kappa shape index (κ1) is 26.5. The summed E-state index contributed by atoms with van der Waals surface area (Å²) in [6.07, 6.45) is 8.14. The highest BCUT2D eigenvalue weighted by atomic mass is 32.2. The summed E-state index contributed by atoms with van der Waals surface area (Å²) in [5.41, 5.74) is 7.89. The van der Waals surface area contributed by atoms with Crippen LogP contribution in [0.15, 0.2) is 46.0 Å². The van der Waals surface area contributed by atoms with Crippen molar-refractivity contribution in [2.75, 3.05) is 45.0 Å². The van der Waals surface area contributed by atoms with Crippen molar-refractivity contribution >= 4 is 32.5 Å². The van der Waals surface area contributed by atoms with Crippen molar-refractivity contribution in [1.82, 2.24) is 20.9 Å². The van der Waals surface area contributed by atoms with Crippen LogP contribution in [0, 0.1) is 5.92 Å². The van der Waals surface area contributed by atoms with Gasteiger partial charge in [0.15, 0.2) is 16.3 Å². The molecule has 2 fully saturated rings. The van der Waals surface area contributed by atoms with Gasteiger partial charge >= 0.3 is 0 Å². The molecule has 1 saturated carbocycles. The molecule has 1 aromatic heterocycles. The predicted molar refractivity (Wildman–Crippen MR) is 150 cm³/mol. The van der Waals surface area contributed by atoms with E-state index in [1.54, 1.807) is 31.4 Å². The number of ether oxygens (including phenoxy) is 3. The molecule has 3 aliphatic rings. The van der Waals surface area contributed by atoms with Crippen molar-refractivity contribution < 1.29 is 27.2 Å². The first-order valence-electron chi connectivity index (χ1n) is 13.2. The highest BCUT2D eigenvalue weighted by Crippen LogP contribution is 2.45. The Bertz CT molecular complexity index is 1540. The highest BCUT2D eigenvalue weighted by Gasteiger charge is 2.45. The van der Waals surface area contributed by atoms with Crippen LogP contribution in [0.1, 0.15) is 37.3 Å². The van der Waals surface area contributed by atoms with E-state index in [1.165, 1.54) is 14.2 Å². The number of hydrogen-bond acceptors (Lipinski definition) is 11. The molecule has 12 nitrogen and oxygen atoms in total. The molecule has 2 aliphatic heterocycles. The van der Waals surface area contributed by atoms with E-state index < -0.39 is 15.7 Å². The molecule has 13 heteroatoms. The van der Waals surface area contributed by atoms with E-state index in [2.05, 4.69) is 38.0 Å². The number of nitrogens with zero attached hydrogens (tertiary/aromatic N) is 2. The number of benzene rings is 2. The number of rotatable bonds is 10. The topological polar surface area (TPSA) is 139 Å². The Morgan fingerprint density at radius 2 is 1.77 bits per heavy atom. The number of methoxy groups -OCH3 is 3. The Hall–Kier alpha value is -3.68. The summed E-state index contributed by atoms with van der Waals surface area (Å²) in [4.78, 5) is 2.13. The van der Waals surface area contributed by atoms with E-state index in [-0.39, 0.29) is 28.3 Å². The van der Waals surface area contributed by atoms with Gasteiger partial charge < -0.3 is 29.5 Å². The van der Waals surface area contributed by atoms with E-state index >= 15 is 0 Å². The Kier molecular flexibility index (Phi) is 6.67. The monoisotopic (exact) mass is 570 g/mol. The quantitative estimate of drug-likeness (QED) is 0.285. The minimum atomic E-state index is -4.20. The first-order chi connectivity index (χ1) is 19.3. The fraction of sp³-hybridized carbons (Fsp3) is 0.444. The Morgan fingerprint density at radius 3 is 2.35 bits per heavy atom. The van der Waals surface area contributed by atoms with E-state index in [0.717, 1.165) is 37.8 Å². The maximum Gasteiger partial charge on any atom is 0.270 e. The summed E-state index contributed by atoms with van der Waals surface area (Å²) in [6.45, 7) is 0.975. The van der Waals surface area contributed by atoms with Crippen LogP contribution in [-0.4, -0.2) is 59.1 Å². The second kappa shape index (κ2) is 10.1. The number of hydrazine groups is 1. The smallest absolute Gasteiger partial charge is 0.270 e. The van der Waals surface area contributed by atoms with Gasteiger partial charge in [-0.15, -0.1) is 0 Å². The summed E-state index contributed by atoms with van der Waals surface area (Å²) in [6, 6.07) is 7.15. The lowest BCUT2D eigenvalue weighted by Gasteiger charge is -2.30.